The second-order valence-electron chi connectivity index (χ2n) is 6.43. The van der Waals surface area contributed by atoms with Gasteiger partial charge in [0, 0.05) is 57.5 Å². The molecule has 3 heterocycles. The molecule has 0 bridgehead atoms. The van der Waals surface area contributed by atoms with Crippen LogP contribution < -0.4 is 5.32 Å². The zero-order valence-electron chi connectivity index (χ0n) is 13.4. The van der Waals surface area contributed by atoms with Crippen molar-refractivity contribution in [2.45, 2.75) is 31.4 Å². The fourth-order valence-electron chi connectivity index (χ4n) is 3.30. The van der Waals surface area contributed by atoms with Crippen LogP contribution in [-0.4, -0.2) is 70.8 Å². The van der Waals surface area contributed by atoms with Gasteiger partial charge in [-0.25, -0.2) is 8.78 Å². The van der Waals surface area contributed by atoms with E-state index in [4.69, 9.17) is 0 Å². The third-order valence-corrected chi connectivity index (χ3v) is 4.53. The van der Waals surface area contributed by atoms with E-state index < -0.39 is 12.0 Å². The molecule has 2 fully saturated rings. The number of nitrogens with zero attached hydrogens (tertiary/aromatic N) is 3. The number of halogens is 2. The monoisotopic (exact) mass is 338 g/mol. The third-order valence-electron chi connectivity index (χ3n) is 4.53. The average Bonchev–Trinajstić information content (AvgIpc) is 2.79. The topological polar surface area (TPSA) is 65.5 Å². The van der Waals surface area contributed by atoms with Crippen molar-refractivity contribution < 1.29 is 18.4 Å². The molecule has 1 N–H and O–H groups in total. The molecule has 8 heteroatoms. The molecule has 0 radical (unpaired) electrons. The lowest BCUT2D eigenvalue weighted by Gasteiger charge is -2.45. The SMILES string of the molecule is CC(=O)NC[C@@H]1CC(F)(F)CN1C1CN(C(=O)c2cccnc2)C1. The highest BCUT2D eigenvalue weighted by atomic mass is 19.3. The van der Waals surface area contributed by atoms with Crippen molar-refractivity contribution in [3.8, 4) is 0 Å². The van der Waals surface area contributed by atoms with Crippen molar-refractivity contribution in [3.63, 3.8) is 0 Å². The van der Waals surface area contributed by atoms with Crippen LogP contribution in [0.3, 0.4) is 0 Å². The smallest absolute Gasteiger partial charge is 0.262 e. The molecule has 1 atom stereocenters. The summed E-state index contributed by atoms with van der Waals surface area (Å²) >= 11 is 0. The molecule has 0 spiro atoms. The van der Waals surface area contributed by atoms with Crippen molar-refractivity contribution >= 4 is 11.8 Å². The van der Waals surface area contributed by atoms with Gasteiger partial charge in [-0.15, -0.1) is 0 Å². The average molecular weight is 338 g/mol. The van der Waals surface area contributed by atoms with Gasteiger partial charge in [-0.1, -0.05) is 0 Å². The Kier molecular flexibility index (Phi) is 4.49. The molecule has 130 valence electrons. The molecule has 1 aromatic heterocycles. The van der Waals surface area contributed by atoms with Crippen LogP contribution in [0, 0.1) is 0 Å². The Morgan fingerprint density at radius 1 is 1.42 bits per heavy atom. The van der Waals surface area contributed by atoms with Crippen LogP contribution in [0.15, 0.2) is 24.5 Å². The highest BCUT2D eigenvalue weighted by Crippen LogP contribution is 2.35. The van der Waals surface area contributed by atoms with Gasteiger partial charge in [0.1, 0.15) is 0 Å². The largest absolute Gasteiger partial charge is 0.355 e. The second-order valence-corrected chi connectivity index (χ2v) is 6.43. The number of pyridine rings is 1. The minimum Gasteiger partial charge on any atom is -0.355 e. The summed E-state index contributed by atoms with van der Waals surface area (Å²) in [5.74, 6) is -3.12. The third kappa shape index (κ3) is 3.53. The van der Waals surface area contributed by atoms with Crippen molar-refractivity contribution in [1.82, 2.24) is 20.1 Å². The summed E-state index contributed by atoms with van der Waals surface area (Å²) in [6.07, 6.45) is 2.83. The Morgan fingerprint density at radius 2 is 2.17 bits per heavy atom. The van der Waals surface area contributed by atoms with Gasteiger partial charge < -0.3 is 10.2 Å². The standard InChI is InChI=1S/C16H20F2N4O2/c1-11(23)20-7-13-5-16(17,18)10-22(13)14-8-21(9-14)15(24)12-3-2-4-19-6-12/h2-4,6,13-14H,5,7-10H2,1H3,(H,20,23)/t13-/m0/s1. The predicted molar refractivity (Wildman–Crippen MR) is 82.7 cm³/mol. The van der Waals surface area contributed by atoms with Crippen molar-refractivity contribution in [3.05, 3.63) is 30.1 Å². The summed E-state index contributed by atoms with van der Waals surface area (Å²) in [6, 6.07) is 2.88. The zero-order valence-corrected chi connectivity index (χ0v) is 13.4. The van der Waals surface area contributed by atoms with Crippen LogP contribution in [0.2, 0.25) is 0 Å². The first-order valence-electron chi connectivity index (χ1n) is 7.93. The molecule has 24 heavy (non-hydrogen) atoms. The zero-order chi connectivity index (χ0) is 17.3. The number of hydrogen-bond acceptors (Lipinski definition) is 4. The van der Waals surface area contributed by atoms with E-state index in [-0.39, 0.29) is 37.4 Å². The Labute approximate surface area is 138 Å². The number of nitrogens with one attached hydrogen (secondary N) is 1. The van der Waals surface area contributed by atoms with Crippen LogP contribution in [0.4, 0.5) is 8.78 Å². The molecule has 2 amide bonds. The van der Waals surface area contributed by atoms with E-state index in [1.165, 1.54) is 13.1 Å². The summed E-state index contributed by atoms with van der Waals surface area (Å²) in [5, 5.41) is 2.62. The van der Waals surface area contributed by atoms with Gasteiger partial charge in [-0.3, -0.25) is 19.5 Å². The van der Waals surface area contributed by atoms with E-state index in [2.05, 4.69) is 10.3 Å². The van der Waals surface area contributed by atoms with E-state index in [0.29, 0.717) is 18.7 Å². The van der Waals surface area contributed by atoms with E-state index >= 15 is 0 Å². The lowest BCUT2D eigenvalue weighted by molar-refractivity contribution is -0.119. The molecule has 0 aromatic carbocycles. The molecule has 0 unspecified atom stereocenters. The fraction of sp³-hybridized carbons (Fsp3) is 0.562. The molecule has 2 saturated heterocycles. The Hall–Kier alpha value is -2.09. The number of rotatable bonds is 4. The van der Waals surface area contributed by atoms with Gasteiger partial charge in [0.05, 0.1) is 12.1 Å². The van der Waals surface area contributed by atoms with Crippen molar-refractivity contribution in [2.24, 2.45) is 0 Å². The van der Waals surface area contributed by atoms with Crippen LogP contribution in [0.25, 0.3) is 0 Å². The Morgan fingerprint density at radius 3 is 2.79 bits per heavy atom. The van der Waals surface area contributed by atoms with E-state index in [9.17, 15) is 18.4 Å². The lowest BCUT2D eigenvalue weighted by atomic mass is 10.0. The molecular formula is C16H20F2N4O2. The minimum absolute atomic E-state index is 0.0993. The number of likely N-dealkylation sites (tertiary alicyclic amines) is 2. The molecule has 3 rings (SSSR count). The van der Waals surface area contributed by atoms with Gasteiger partial charge in [0.25, 0.3) is 11.8 Å². The molecule has 2 aliphatic heterocycles. The maximum absolute atomic E-state index is 13.8. The summed E-state index contributed by atoms with van der Waals surface area (Å²) in [7, 11) is 0. The van der Waals surface area contributed by atoms with Gasteiger partial charge in [-0.2, -0.15) is 0 Å². The van der Waals surface area contributed by atoms with Crippen LogP contribution in [-0.2, 0) is 4.79 Å². The summed E-state index contributed by atoms with van der Waals surface area (Å²) in [4.78, 5) is 30.6. The Bertz CT molecular complexity index is 620. The number of carbonyl (C=O) groups excluding carboxylic acids is 2. The maximum atomic E-state index is 13.8. The molecule has 0 saturated carbocycles. The summed E-state index contributed by atoms with van der Waals surface area (Å²) in [6.45, 7) is 2.09. The Balaban J connectivity index is 1.59. The predicted octanol–water partition coefficient (Wildman–Crippen LogP) is 0.752. The fourth-order valence-corrected chi connectivity index (χ4v) is 3.30. The van der Waals surface area contributed by atoms with Crippen molar-refractivity contribution in [1.29, 1.82) is 0 Å². The van der Waals surface area contributed by atoms with Gasteiger partial charge in [-0.05, 0) is 12.1 Å². The van der Waals surface area contributed by atoms with Gasteiger partial charge in [0.15, 0.2) is 0 Å². The molecular weight excluding hydrogens is 318 g/mol. The lowest BCUT2D eigenvalue weighted by Crippen LogP contribution is -2.63. The van der Waals surface area contributed by atoms with Gasteiger partial charge in [0.2, 0.25) is 5.91 Å². The highest BCUT2D eigenvalue weighted by molar-refractivity contribution is 5.94. The number of hydrogen-bond donors (Lipinski definition) is 1. The van der Waals surface area contributed by atoms with Gasteiger partial charge >= 0.3 is 0 Å². The molecule has 2 aliphatic rings. The number of alkyl halides is 2. The first kappa shape index (κ1) is 16.8. The first-order valence-corrected chi connectivity index (χ1v) is 7.93. The van der Waals surface area contributed by atoms with Crippen LogP contribution >= 0.6 is 0 Å². The molecule has 1 aromatic rings. The second kappa shape index (κ2) is 6.43. The van der Waals surface area contributed by atoms with Crippen molar-refractivity contribution in [2.75, 3.05) is 26.2 Å². The maximum Gasteiger partial charge on any atom is 0.262 e. The molecule has 0 aliphatic carbocycles. The minimum atomic E-state index is -2.75. The summed E-state index contributed by atoms with van der Waals surface area (Å²) < 4.78 is 27.5. The quantitative estimate of drug-likeness (QED) is 0.880. The van der Waals surface area contributed by atoms with E-state index in [0.717, 1.165) is 0 Å². The van der Waals surface area contributed by atoms with E-state index in [1.807, 2.05) is 0 Å². The number of aromatic nitrogens is 1. The number of amides is 2. The highest BCUT2D eigenvalue weighted by Gasteiger charge is 2.50. The van der Waals surface area contributed by atoms with E-state index in [1.54, 1.807) is 28.1 Å². The molecule has 6 nitrogen and oxygen atoms in total. The normalized spacial score (nSPS) is 23.8. The number of carbonyl (C=O) groups is 2. The van der Waals surface area contributed by atoms with Crippen LogP contribution in [0.1, 0.15) is 23.7 Å². The van der Waals surface area contributed by atoms with Crippen LogP contribution in [0.5, 0.6) is 0 Å². The first-order chi connectivity index (χ1) is 11.4. The summed E-state index contributed by atoms with van der Waals surface area (Å²) in [5.41, 5.74) is 0.498.